The van der Waals surface area contributed by atoms with Crippen molar-refractivity contribution >= 4 is 17.7 Å². The molecule has 0 amide bonds. The number of hydrogen-bond acceptors (Lipinski definition) is 4. The summed E-state index contributed by atoms with van der Waals surface area (Å²) in [4.78, 5) is 6.86. The van der Waals surface area contributed by atoms with Gasteiger partial charge in [0.2, 0.25) is 0 Å². The predicted molar refractivity (Wildman–Crippen MR) is 86.6 cm³/mol. The van der Waals surface area contributed by atoms with E-state index in [-0.39, 0.29) is 5.54 Å². The average molecular weight is 298 g/mol. The molecular formula is C14H26N4OS. The van der Waals surface area contributed by atoms with Crippen LogP contribution >= 0.6 is 11.8 Å². The Morgan fingerprint density at radius 1 is 1.45 bits per heavy atom. The third-order valence-corrected chi connectivity index (χ3v) is 5.22. The van der Waals surface area contributed by atoms with Gasteiger partial charge in [-0.2, -0.15) is 11.8 Å². The molecule has 0 radical (unpaired) electrons. The molecule has 6 heteroatoms. The lowest BCUT2D eigenvalue weighted by molar-refractivity contribution is -0.0120. The van der Waals surface area contributed by atoms with Gasteiger partial charge in [0.25, 0.3) is 0 Å². The minimum absolute atomic E-state index is 0.250. The van der Waals surface area contributed by atoms with Crippen LogP contribution in [-0.4, -0.2) is 74.3 Å². The molecule has 2 saturated heterocycles. The lowest BCUT2D eigenvalue weighted by Crippen LogP contribution is -2.60. The molecule has 2 aliphatic heterocycles. The second-order valence-corrected chi connectivity index (χ2v) is 6.33. The molecule has 0 saturated carbocycles. The van der Waals surface area contributed by atoms with E-state index >= 15 is 0 Å². The van der Waals surface area contributed by atoms with Gasteiger partial charge < -0.3 is 15.4 Å². The van der Waals surface area contributed by atoms with Crippen molar-refractivity contribution in [2.45, 2.75) is 12.0 Å². The fourth-order valence-electron chi connectivity index (χ4n) is 2.77. The monoisotopic (exact) mass is 298 g/mol. The molecule has 0 spiro atoms. The minimum atomic E-state index is 0.250. The van der Waals surface area contributed by atoms with E-state index in [2.05, 4.69) is 38.9 Å². The van der Waals surface area contributed by atoms with E-state index in [1.165, 1.54) is 17.9 Å². The van der Waals surface area contributed by atoms with Crippen molar-refractivity contribution in [2.24, 2.45) is 4.99 Å². The number of aliphatic imine (C=N–C) groups is 1. The van der Waals surface area contributed by atoms with Crippen LogP contribution in [0.4, 0.5) is 0 Å². The molecule has 1 atom stereocenters. The van der Waals surface area contributed by atoms with Gasteiger partial charge in [-0.3, -0.25) is 9.89 Å². The highest BCUT2D eigenvalue weighted by Crippen LogP contribution is 2.33. The first kappa shape index (κ1) is 15.7. The van der Waals surface area contributed by atoms with Crippen LogP contribution in [-0.2, 0) is 4.74 Å². The fraction of sp³-hybridized carbons (Fsp3) is 0.786. The molecule has 0 bridgehead atoms. The highest BCUT2D eigenvalue weighted by molar-refractivity contribution is 7.99. The van der Waals surface area contributed by atoms with Gasteiger partial charge in [0, 0.05) is 44.5 Å². The van der Waals surface area contributed by atoms with Crippen molar-refractivity contribution in [1.29, 1.82) is 0 Å². The predicted octanol–water partition coefficient (Wildman–Crippen LogP) is 0.545. The Kier molecular flexibility index (Phi) is 6.19. The van der Waals surface area contributed by atoms with Crippen molar-refractivity contribution in [3.8, 4) is 0 Å². The molecule has 2 fully saturated rings. The molecule has 0 aromatic heterocycles. The van der Waals surface area contributed by atoms with E-state index in [4.69, 9.17) is 4.74 Å². The van der Waals surface area contributed by atoms with Gasteiger partial charge in [-0.05, 0) is 12.2 Å². The van der Waals surface area contributed by atoms with Crippen molar-refractivity contribution in [1.82, 2.24) is 15.5 Å². The summed E-state index contributed by atoms with van der Waals surface area (Å²) in [5.74, 6) is 3.30. The largest absolute Gasteiger partial charge is 0.379 e. The third kappa shape index (κ3) is 3.90. The standard InChI is InChI=1S/C14H26N4OS/c1-3-5-16-13(15-2)17-11-14(4-10-20-12-14)18-6-8-19-9-7-18/h3H,1,4-12H2,2H3,(H2,15,16,17). The van der Waals surface area contributed by atoms with Gasteiger partial charge in [-0.1, -0.05) is 6.08 Å². The molecule has 2 heterocycles. The highest BCUT2D eigenvalue weighted by atomic mass is 32.2. The van der Waals surface area contributed by atoms with Crippen LogP contribution in [0.5, 0.6) is 0 Å². The number of thioether (sulfide) groups is 1. The zero-order chi connectivity index (χ0) is 14.3. The quantitative estimate of drug-likeness (QED) is 0.441. The minimum Gasteiger partial charge on any atom is -0.379 e. The number of nitrogens with zero attached hydrogens (tertiary/aromatic N) is 2. The molecule has 1 unspecified atom stereocenters. The zero-order valence-electron chi connectivity index (χ0n) is 12.4. The van der Waals surface area contributed by atoms with Crippen molar-refractivity contribution in [3.05, 3.63) is 12.7 Å². The SMILES string of the molecule is C=CCNC(=NC)NCC1(N2CCOCC2)CCSC1. The smallest absolute Gasteiger partial charge is 0.191 e. The molecule has 5 nitrogen and oxygen atoms in total. The fourth-order valence-corrected chi connectivity index (χ4v) is 4.25. The summed E-state index contributed by atoms with van der Waals surface area (Å²) >= 11 is 2.05. The van der Waals surface area contributed by atoms with Gasteiger partial charge in [0.15, 0.2) is 5.96 Å². The Morgan fingerprint density at radius 2 is 2.25 bits per heavy atom. The Balaban J connectivity index is 1.92. The maximum Gasteiger partial charge on any atom is 0.191 e. The zero-order valence-corrected chi connectivity index (χ0v) is 13.2. The second-order valence-electron chi connectivity index (χ2n) is 5.22. The Labute approximate surface area is 126 Å². The van der Waals surface area contributed by atoms with Gasteiger partial charge >= 0.3 is 0 Å². The van der Waals surface area contributed by atoms with Crippen LogP contribution in [0.2, 0.25) is 0 Å². The van der Waals surface area contributed by atoms with Crippen LogP contribution in [0.3, 0.4) is 0 Å². The van der Waals surface area contributed by atoms with E-state index in [0.29, 0.717) is 0 Å². The molecular weight excluding hydrogens is 272 g/mol. The lowest BCUT2D eigenvalue weighted by atomic mass is 9.95. The number of nitrogens with one attached hydrogen (secondary N) is 2. The second kappa shape index (κ2) is 7.90. The molecule has 2 aliphatic rings. The summed E-state index contributed by atoms with van der Waals surface area (Å²) in [6.07, 6.45) is 3.08. The van der Waals surface area contributed by atoms with Crippen LogP contribution in [0.15, 0.2) is 17.6 Å². The summed E-state index contributed by atoms with van der Waals surface area (Å²) in [6.45, 7) is 9.20. The maximum atomic E-state index is 5.49. The van der Waals surface area contributed by atoms with E-state index in [9.17, 15) is 0 Å². The number of guanidine groups is 1. The van der Waals surface area contributed by atoms with E-state index in [1.807, 2.05) is 13.1 Å². The first-order chi connectivity index (χ1) is 9.80. The molecule has 20 heavy (non-hydrogen) atoms. The third-order valence-electron chi connectivity index (χ3n) is 3.99. The number of ether oxygens (including phenoxy) is 1. The van der Waals surface area contributed by atoms with Crippen molar-refractivity contribution < 1.29 is 4.74 Å². The van der Waals surface area contributed by atoms with Gasteiger partial charge in [-0.15, -0.1) is 6.58 Å². The van der Waals surface area contributed by atoms with Gasteiger partial charge in [-0.25, -0.2) is 0 Å². The molecule has 0 aromatic rings. The van der Waals surface area contributed by atoms with Crippen LogP contribution in [0.25, 0.3) is 0 Å². The van der Waals surface area contributed by atoms with E-state index in [0.717, 1.165) is 45.4 Å². The van der Waals surface area contributed by atoms with Crippen LogP contribution < -0.4 is 10.6 Å². The number of morpholine rings is 1. The number of hydrogen-bond donors (Lipinski definition) is 2. The summed E-state index contributed by atoms with van der Waals surface area (Å²) in [5.41, 5.74) is 0.250. The van der Waals surface area contributed by atoms with E-state index < -0.39 is 0 Å². The van der Waals surface area contributed by atoms with E-state index in [1.54, 1.807) is 0 Å². The molecule has 114 valence electrons. The lowest BCUT2D eigenvalue weighted by Gasteiger charge is -2.43. The summed E-state index contributed by atoms with van der Waals surface area (Å²) in [6, 6.07) is 0. The normalized spacial score (nSPS) is 28.4. The molecule has 0 aromatic carbocycles. The molecule has 0 aliphatic carbocycles. The van der Waals surface area contributed by atoms with Crippen LogP contribution in [0, 0.1) is 0 Å². The Hall–Kier alpha value is -0.720. The summed E-state index contributed by atoms with van der Waals surface area (Å²) < 4.78 is 5.49. The van der Waals surface area contributed by atoms with Crippen molar-refractivity contribution in [3.63, 3.8) is 0 Å². The molecule has 2 rings (SSSR count). The first-order valence-electron chi connectivity index (χ1n) is 7.27. The Bertz CT molecular complexity index is 336. The molecule has 2 N–H and O–H groups in total. The maximum absolute atomic E-state index is 5.49. The topological polar surface area (TPSA) is 48.9 Å². The summed E-state index contributed by atoms with van der Waals surface area (Å²) in [5, 5.41) is 6.71. The summed E-state index contributed by atoms with van der Waals surface area (Å²) in [7, 11) is 1.81. The van der Waals surface area contributed by atoms with Gasteiger partial charge in [0.1, 0.15) is 0 Å². The first-order valence-corrected chi connectivity index (χ1v) is 8.42. The highest BCUT2D eigenvalue weighted by Gasteiger charge is 2.40. The average Bonchev–Trinajstić information content (AvgIpc) is 2.98. The van der Waals surface area contributed by atoms with Crippen molar-refractivity contribution in [2.75, 3.05) is 57.9 Å². The Morgan fingerprint density at radius 3 is 2.85 bits per heavy atom. The van der Waals surface area contributed by atoms with Crippen LogP contribution in [0.1, 0.15) is 6.42 Å². The van der Waals surface area contributed by atoms with Gasteiger partial charge in [0.05, 0.1) is 13.2 Å². The number of rotatable bonds is 5.